The highest BCUT2D eigenvalue weighted by molar-refractivity contribution is 5.61. The van der Waals surface area contributed by atoms with Gasteiger partial charge < -0.3 is 10.4 Å². The van der Waals surface area contributed by atoms with E-state index in [1.165, 1.54) is 0 Å². The Morgan fingerprint density at radius 2 is 2.16 bits per heavy atom. The van der Waals surface area contributed by atoms with Crippen LogP contribution in [0.25, 0.3) is 0 Å². The predicted octanol–water partition coefficient (Wildman–Crippen LogP) is 1.84. The smallest absolute Gasteiger partial charge is 0.333 e. The summed E-state index contributed by atoms with van der Waals surface area (Å²) in [6, 6.07) is 0. The van der Waals surface area contributed by atoms with Crippen LogP contribution in [0.2, 0.25) is 0 Å². The van der Waals surface area contributed by atoms with Crippen molar-refractivity contribution in [1.82, 2.24) is 9.78 Å². The molecule has 0 saturated heterocycles. The molecule has 0 radical (unpaired) electrons. The lowest BCUT2D eigenvalue weighted by Crippen LogP contribution is -2.40. The van der Waals surface area contributed by atoms with Crippen molar-refractivity contribution < 1.29 is 10.0 Å². The molecule has 0 aliphatic heterocycles. The Labute approximate surface area is 111 Å². The lowest BCUT2D eigenvalue weighted by atomic mass is 9.99. The van der Waals surface area contributed by atoms with Gasteiger partial charge in [-0.05, 0) is 26.7 Å². The molecule has 0 unspecified atom stereocenters. The Kier molecular flexibility index (Phi) is 3.75. The van der Waals surface area contributed by atoms with Crippen molar-refractivity contribution in [3.8, 4) is 0 Å². The monoisotopic (exact) mass is 268 g/mol. The topological polar surface area (TPSA) is 93.2 Å². The number of aryl methyl sites for hydroxylation is 2. The van der Waals surface area contributed by atoms with Crippen LogP contribution in [0, 0.1) is 17.0 Å². The quantitative estimate of drug-likeness (QED) is 0.627. The molecule has 1 heterocycles. The number of aliphatic hydroxyl groups excluding tert-OH is 1. The van der Waals surface area contributed by atoms with E-state index < -0.39 is 10.5 Å². The second-order valence-electron chi connectivity index (χ2n) is 5.13. The van der Waals surface area contributed by atoms with Crippen LogP contribution < -0.4 is 5.32 Å². The van der Waals surface area contributed by atoms with Crippen molar-refractivity contribution in [1.29, 1.82) is 0 Å². The van der Waals surface area contributed by atoms with Gasteiger partial charge in [0.25, 0.3) is 0 Å². The summed E-state index contributed by atoms with van der Waals surface area (Å²) in [6.45, 7) is 4.06. The minimum absolute atomic E-state index is 0.0153. The first-order chi connectivity index (χ1) is 9.03. The van der Waals surface area contributed by atoms with Gasteiger partial charge in [-0.15, -0.1) is 0 Å². The average Bonchev–Trinajstić information content (AvgIpc) is 2.95. The normalized spacial score (nSPS) is 17.6. The summed E-state index contributed by atoms with van der Waals surface area (Å²) in [7, 11) is 0. The van der Waals surface area contributed by atoms with E-state index in [9.17, 15) is 15.2 Å². The number of nitrogens with one attached hydrogen (secondary N) is 1. The van der Waals surface area contributed by atoms with Crippen molar-refractivity contribution in [2.45, 2.75) is 51.6 Å². The fraction of sp³-hybridized carbons (Fsp3) is 0.750. The molecular weight excluding hydrogens is 248 g/mol. The van der Waals surface area contributed by atoms with Crippen LogP contribution in [0.5, 0.6) is 0 Å². The lowest BCUT2D eigenvalue weighted by Gasteiger charge is -2.28. The van der Waals surface area contributed by atoms with Gasteiger partial charge in [0, 0.05) is 6.54 Å². The minimum Gasteiger partial charge on any atom is -0.394 e. The number of nitrogens with zero attached hydrogens (tertiary/aromatic N) is 3. The summed E-state index contributed by atoms with van der Waals surface area (Å²) in [5.41, 5.74) is -0.0218. The Morgan fingerprint density at radius 3 is 2.63 bits per heavy atom. The molecule has 0 amide bonds. The van der Waals surface area contributed by atoms with Gasteiger partial charge in [0.1, 0.15) is 5.69 Å². The van der Waals surface area contributed by atoms with Crippen LogP contribution in [0.4, 0.5) is 11.5 Å². The molecule has 1 aliphatic carbocycles. The van der Waals surface area contributed by atoms with Gasteiger partial charge >= 0.3 is 5.69 Å². The molecule has 0 bridgehead atoms. The number of nitro groups is 1. The molecule has 0 atom stereocenters. The van der Waals surface area contributed by atoms with Crippen molar-refractivity contribution in [3.63, 3.8) is 0 Å². The second kappa shape index (κ2) is 5.16. The van der Waals surface area contributed by atoms with Crippen molar-refractivity contribution in [2.24, 2.45) is 0 Å². The van der Waals surface area contributed by atoms with E-state index in [1.807, 2.05) is 6.92 Å². The number of rotatable bonds is 5. The Balaban J connectivity index is 2.40. The van der Waals surface area contributed by atoms with Crippen molar-refractivity contribution >= 4 is 11.5 Å². The number of anilines is 1. The molecule has 1 saturated carbocycles. The molecule has 106 valence electrons. The number of hydrogen-bond acceptors (Lipinski definition) is 5. The zero-order valence-corrected chi connectivity index (χ0v) is 11.3. The van der Waals surface area contributed by atoms with Crippen molar-refractivity contribution in [3.05, 3.63) is 15.8 Å². The molecule has 0 aromatic carbocycles. The van der Waals surface area contributed by atoms with Crippen LogP contribution in [0.15, 0.2) is 0 Å². The molecule has 1 aromatic heterocycles. The highest BCUT2D eigenvalue weighted by Crippen LogP contribution is 2.37. The number of hydrogen-bond donors (Lipinski definition) is 2. The molecule has 2 rings (SSSR count). The molecule has 2 N–H and O–H groups in total. The summed E-state index contributed by atoms with van der Waals surface area (Å²) < 4.78 is 1.60. The Morgan fingerprint density at radius 1 is 1.53 bits per heavy atom. The van der Waals surface area contributed by atoms with E-state index in [0.717, 1.165) is 25.7 Å². The van der Waals surface area contributed by atoms with E-state index in [2.05, 4.69) is 10.4 Å². The largest absolute Gasteiger partial charge is 0.394 e. The van der Waals surface area contributed by atoms with Crippen LogP contribution in [-0.2, 0) is 6.54 Å². The maximum atomic E-state index is 11.2. The highest BCUT2D eigenvalue weighted by Gasteiger charge is 2.37. The maximum Gasteiger partial charge on any atom is 0.333 e. The summed E-state index contributed by atoms with van der Waals surface area (Å²) in [5.74, 6) is 0.418. The third-order valence-electron chi connectivity index (χ3n) is 3.82. The van der Waals surface area contributed by atoms with Crippen LogP contribution in [0.3, 0.4) is 0 Å². The first kappa shape index (κ1) is 13.8. The van der Waals surface area contributed by atoms with Gasteiger partial charge in [-0.3, -0.25) is 10.1 Å². The average molecular weight is 268 g/mol. The third kappa shape index (κ3) is 2.42. The van der Waals surface area contributed by atoms with Gasteiger partial charge in [-0.2, -0.15) is 5.10 Å². The lowest BCUT2D eigenvalue weighted by molar-refractivity contribution is -0.384. The zero-order chi connectivity index (χ0) is 14.0. The van der Waals surface area contributed by atoms with E-state index in [4.69, 9.17) is 0 Å². The fourth-order valence-corrected chi connectivity index (χ4v) is 2.77. The molecule has 1 aliphatic rings. The summed E-state index contributed by atoms with van der Waals surface area (Å²) in [4.78, 5) is 10.8. The molecule has 7 heteroatoms. The van der Waals surface area contributed by atoms with Gasteiger partial charge in [0.2, 0.25) is 5.82 Å². The summed E-state index contributed by atoms with van der Waals surface area (Å²) in [5, 5.41) is 28.2. The number of aromatic nitrogens is 2. The van der Waals surface area contributed by atoms with Crippen molar-refractivity contribution in [2.75, 3.05) is 11.9 Å². The van der Waals surface area contributed by atoms with Gasteiger partial charge in [-0.1, -0.05) is 12.8 Å². The van der Waals surface area contributed by atoms with Crippen LogP contribution >= 0.6 is 0 Å². The molecule has 1 aromatic rings. The zero-order valence-electron chi connectivity index (χ0n) is 11.3. The SMILES string of the molecule is CCn1nc(C)c([N+](=O)[O-])c1NC1(CO)CCCC1. The van der Waals surface area contributed by atoms with Crippen LogP contribution in [0.1, 0.15) is 38.3 Å². The predicted molar refractivity (Wildman–Crippen MR) is 71.2 cm³/mol. The molecule has 0 spiro atoms. The van der Waals surface area contributed by atoms with E-state index in [1.54, 1.807) is 11.6 Å². The second-order valence-corrected chi connectivity index (χ2v) is 5.13. The fourth-order valence-electron chi connectivity index (χ4n) is 2.77. The van der Waals surface area contributed by atoms with E-state index in [-0.39, 0.29) is 12.3 Å². The number of aliphatic hydroxyl groups is 1. The molecule has 7 nitrogen and oxygen atoms in total. The molecule has 19 heavy (non-hydrogen) atoms. The van der Waals surface area contributed by atoms with Gasteiger partial charge in [-0.25, -0.2) is 4.68 Å². The highest BCUT2D eigenvalue weighted by atomic mass is 16.6. The van der Waals surface area contributed by atoms with Gasteiger partial charge in [0.15, 0.2) is 0 Å². The summed E-state index contributed by atoms with van der Waals surface area (Å²) in [6.07, 6.45) is 3.71. The van der Waals surface area contributed by atoms with E-state index in [0.29, 0.717) is 18.1 Å². The Hall–Kier alpha value is -1.63. The standard InChI is InChI=1S/C12H20N4O3/c1-3-15-11(10(16(18)19)9(2)14-15)13-12(8-17)6-4-5-7-12/h13,17H,3-8H2,1-2H3. The van der Waals surface area contributed by atoms with Gasteiger partial charge in [0.05, 0.1) is 17.1 Å². The van der Waals surface area contributed by atoms with E-state index >= 15 is 0 Å². The Bertz CT molecular complexity index is 478. The van der Waals surface area contributed by atoms with Crippen LogP contribution in [-0.4, -0.2) is 32.0 Å². The minimum atomic E-state index is -0.440. The third-order valence-corrected chi connectivity index (χ3v) is 3.82. The maximum absolute atomic E-state index is 11.2. The molecule has 1 fully saturated rings. The first-order valence-corrected chi connectivity index (χ1v) is 6.64. The molecular formula is C12H20N4O3. The summed E-state index contributed by atoms with van der Waals surface area (Å²) >= 11 is 0. The first-order valence-electron chi connectivity index (χ1n) is 6.64.